The maximum absolute atomic E-state index is 5.31. The van der Waals surface area contributed by atoms with Gasteiger partial charge in [-0.15, -0.1) is 0 Å². The second-order valence-electron chi connectivity index (χ2n) is 6.25. The summed E-state index contributed by atoms with van der Waals surface area (Å²) in [5.74, 6) is 2.07. The number of rotatable bonds is 5. The Kier molecular flexibility index (Phi) is 4.33. The average molecular weight is 360 g/mol. The predicted molar refractivity (Wildman–Crippen MR) is 107 cm³/mol. The molecule has 0 aliphatic heterocycles. The summed E-state index contributed by atoms with van der Waals surface area (Å²) >= 11 is 0. The second-order valence-corrected chi connectivity index (χ2v) is 6.25. The van der Waals surface area contributed by atoms with Crippen molar-refractivity contribution in [1.29, 1.82) is 0 Å². The van der Waals surface area contributed by atoms with Crippen LogP contribution in [0.2, 0.25) is 0 Å². The molecule has 0 fully saturated rings. The van der Waals surface area contributed by atoms with E-state index in [1.165, 1.54) is 0 Å². The van der Waals surface area contributed by atoms with Crippen molar-refractivity contribution in [3.63, 3.8) is 0 Å². The van der Waals surface area contributed by atoms with Gasteiger partial charge in [-0.25, -0.2) is 4.68 Å². The molecule has 2 aromatic heterocycles. The lowest BCUT2D eigenvalue weighted by Crippen LogP contribution is -2.14. The molecule has 1 N–H and O–H groups in total. The van der Waals surface area contributed by atoms with E-state index in [-0.39, 0.29) is 0 Å². The first-order chi connectivity index (χ1) is 13.2. The molecule has 0 saturated heterocycles. The van der Waals surface area contributed by atoms with Crippen LogP contribution in [0.4, 0.5) is 17.5 Å². The summed E-state index contributed by atoms with van der Waals surface area (Å²) in [4.78, 5) is 11.2. The molecule has 0 atom stereocenters. The van der Waals surface area contributed by atoms with Crippen molar-refractivity contribution in [3.05, 3.63) is 60.8 Å². The van der Waals surface area contributed by atoms with Crippen molar-refractivity contribution >= 4 is 28.5 Å². The minimum absolute atomic E-state index is 0.602. The molecule has 0 bridgehead atoms. The number of fused-ring (bicyclic) bond motifs is 1. The SMILES string of the molecule is COc1cccc(Nc2nc(N(C)C)nc3c2cnn3-c2ccccc2)c1. The van der Waals surface area contributed by atoms with Crippen molar-refractivity contribution in [2.24, 2.45) is 0 Å². The largest absolute Gasteiger partial charge is 0.497 e. The lowest BCUT2D eigenvalue weighted by Gasteiger charge is -2.14. The van der Waals surface area contributed by atoms with Crippen LogP contribution in [-0.4, -0.2) is 41.0 Å². The van der Waals surface area contributed by atoms with Crippen LogP contribution in [0.5, 0.6) is 5.75 Å². The topological polar surface area (TPSA) is 68.1 Å². The number of nitrogens with zero attached hydrogens (tertiary/aromatic N) is 5. The molecule has 0 saturated carbocycles. The van der Waals surface area contributed by atoms with E-state index >= 15 is 0 Å². The second kappa shape index (κ2) is 6.95. The molecule has 0 amide bonds. The number of hydrogen-bond acceptors (Lipinski definition) is 6. The van der Waals surface area contributed by atoms with Gasteiger partial charge < -0.3 is 15.0 Å². The maximum atomic E-state index is 5.31. The molecule has 0 aliphatic carbocycles. The highest BCUT2D eigenvalue weighted by molar-refractivity contribution is 5.90. The summed E-state index contributed by atoms with van der Waals surface area (Å²) in [5.41, 5.74) is 2.57. The fourth-order valence-corrected chi connectivity index (χ4v) is 2.79. The molecule has 0 radical (unpaired) electrons. The van der Waals surface area contributed by atoms with Crippen LogP contribution in [0, 0.1) is 0 Å². The number of aromatic nitrogens is 4. The van der Waals surface area contributed by atoms with Gasteiger partial charge in [0.2, 0.25) is 5.95 Å². The lowest BCUT2D eigenvalue weighted by atomic mass is 10.3. The average Bonchev–Trinajstić information content (AvgIpc) is 3.13. The molecule has 7 heteroatoms. The van der Waals surface area contributed by atoms with E-state index in [1.807, 2.05) is 78.3 Å². The van der Waals surface area contributed by atoms with Crippen molar-refractivity contribution in [2.75, 3.05) is 31.4 Å². The van der Waals surface area contributed by atoms with Gasteiger partial charge >= 0.3 is 0 Å². The zero-order valence-corrected chi connectivity index (χ0v) is 15.4. The molecule has 7 nitrogen and oxygen atoms in total. The molecular formula is C20H20N6O. The fourth-order valence-electron chi connectivity index (χ4n) is 2.79. The van der Waals surface area contributed by atoms with Crippen LogP contribution < -0.4 is 15.0 Å². The van der Waals surface area contributed by atoms with Crippen LogP contribution in [-0.2, 0) is 0 Å². The van der Waals surface area contributed by atoms with Gasteiger partial charge in [-0.3, -0.25) is 0 Å². The number of hydrogen-bond donors (Lipinski definition) is 1. The Labute approximate surface area is 157 Å². The minimum atomic E-state index is 0.602. The summed E-state index contributed by atoms with van der Waals surface area (Å²) < 4.78 is 7.13. The lowest BCUT2D eigenvalue weighted by molar-refractivity contribution is 0.415. The van der Waals surface area contributed by atoms with Crippen LogP contribution in [0.3, 0.4) is 0 Å². The van der Waals surface area contributed by atoms with Crippen LogP contribution in [0.1, 0.15) is 0 Å². The first-order valence-corrected chi connectivity index (χ1v) is 8.55. The van der Waals surface area contributed by atoms with E-state index < -0.39 is 0 Å². The van der Waals surface area contributed by atoms with Crippen molar-refractivity contribution in [3.8, 4) is 11.4 Å². The molecule has 4 aromatic rings. The monoisotopic (exact) mass is 360 g/mol. The smallest absolute Gasteiger partial charge is 0.228 e. The molecule has 0 unspecified atom stereocenters. The minimum Gasteiger partial charge on any atom is -0.497 e. The maximum Gasteiger partial charge on any atom is 0.228 e. The van der Waals surface area contributed by atoms with Gasteiger partial charge in [0, 0.05) is 25.8 Å². The Morgan fingerprint density at radius 1 is 1.00 bits per heavy atom. The predicted octanol–water partition coefficient (Wildman–Crippen LogP) is 3.63. The summed E-state index contributed by atoms with van der Waals surface area (Å²) in [6, 6.07) is 17.7. The number of benzene rings is 2. The number of ether oxygens (including phenoxy) is 1. The van der Waals surface area contributed by atoms with E-state index in [1.54, 1.807) is 13.3 Å². The number of anilines is 3. The van der Waals surface area contributed by atoms with Gasteiger partial charge in [-0.1, -0.05) is 24.3 Å². The molecule has 136 valence electrons. The molecule has 2 aromatic carbocycles. The van der Waals surface area contributed by atoms with Crippen LogP contribution in [0.15, 0.2) is 60.8 Å². The summed E-state index contributed by atoms with van der Waals surface area (Å²) in [6.07, 6.45) is 1.78. The highest BCUT2D eigenvalue weighted by Crippen LogP contribution is 2.28. The van der Waals surface area contributed by atoms with Gasteiger partial charge in [0.1, 0.15) is 11.6 Å². The number of methoxy groups -OCH3 is 1. The third kappa shape index (κ3) is 3.27. The quantitative estimate of drug-likeness (QED) is 0.586. The van der Waals surface area contributed by atoms with Gasteiger partial charge in [-0.2, -0.15) is 15.1 Å². The number of nitrogens with one attached hydrogen (secondary N) is 1. The Hall–Kier alpha value is -3.61. The van der Waals surface area contributed by atoms with Gasteiger partial charge in [-0.05, 0) is 24.3 Å². The zero-order chi connectivity index (χ0) is 18.8. The third-order valence-corrected chi connectivity index (χ3v) is 4.15. The molecule has 0 spiro atoms. The first-order valence-electron chi connectivity index (χ1n) is 8.55. The first kappa shape index (κ1) is 16.8. The summed E-state index contributed by atoms with van der Waals surface area (Å²) in [6.45, 7) is 0. The van der Waals surface area contributed by atoms with E-state index in [2.05, 4.69) is 15.4 Å². The van der Waals surface area contributed by atoms with Crippen molar-refractivity contribution in [1.82, 2.24) is 19.7 Å². The summed E-state index contributed by atoms with van der Waals surface area (Å²) in [7, 11) is 5.48. The standard InChI is InChI=1S/C20H20N6O/c1-25(2)20-23-18(22-14-8-7-11-16(12-14)27-3)17-13-21-26(19(17)24-20)15-9-5-4-6-10-15/h4-13H,1-3H3,(H,22,23,24). The Bertz CT molecular complexity index is 1070. The zero-order valence-electron chi connectivity index (χ0n) is 15.4. The summed E-state index contributed by atoms with van der Waals surface area (Å²) in [5, 5.41) is 8.74. The molecule has 0 aliphatic rings. The van der Waals surface area contributed by atoms with Gasteiger partial charge in [0.15, 0.2) is 5.65 Å². The molecule has 2 heterocycles. The fraction of sp³-hybridized carbons (Fsp3) is 0.150. The van der Waals surface area contributed by atoms with E-state index in [0.717, 1.165) is 28.2 Å². The molecule has 27 heavy (non-hydrogen) atoms. The van der Waals surface area contributed by atoms with Crippen LogP contribution >= 0.6 is 0 Å². The van der Waals surface area contributed by atoms with Crippen molar-refractivity contribution < 1.29 is 4.74 Å². The molecule has 4 rings (SSSR count). The highest BCUT2D eigenvalue weighted by atomic mass is 16.5. The van der Waals surface area contributed by atoms with Gasteiger partial charge in [0.05, 0.1) is 24.4 Å². The van der Waals surface area contributed by atoms with Crippen molar-refractivity contribution in [2.45, 2.75) is 0 Å². The molecular weight excluding hydrogens is 340 g/mol. The normalized spacial score (nSPS) is 10.8. The van der Waals surface area contributed by atoms with E-state index in [0.29, 0.717) is 11.8 Å². The Morgan fingerprint density at radius 3 is 2.56 bits per heavy atom. The Morgan fingerprint density at radius 2 is 1.81 bits per heavy atom. The Balaban J connectivity index is 1.85. The number of para-hydroxylation sites is 1. The van der Waals surface area contributed by atoms with Gasteiger partial charge in [0.25, 0.3) is 0 Å². The van der Waals surface area contributed by atoms with Crippen LogP contribution in [0.25, 0.3) is 16.7 Å². The van der Waals surface area contributed by atoms with E-state index in [9.17, 15) is 0 Å². The van der Waals surface area contributed by atoms with E-state index in [4.69, 9.17) is 9.72 Å². The highest BCUT2D eigenvalue weighted by Gasteiger charge is 2.15. The third-order valence-electron chi connectivity index (χ3n) is 4.15.